The highest BCUT2D eigenvalue weighted by Gasteiger charge is 2.45. The number of carbonyl (C=O) groups excluding carboxylic acids is 1. The first-order valence-electron chi connectivity index (χ1n) is 8.92. The molecule has 2 aromatic rings. The molecule has 2 heterocycles. The maximum Gasteiger partial charge on any atom is 0.416 e. The molecule has 1 aliphatic heterocycles. The van der Waals surface area contributed by atoms with Gasteiger partial charge in [0.05, 0.1) is 22.7 Å². The van der Waals surface area contributed by atoms with E-state index in [9.17, 15) is 23.1 Å². The lowest BCUT2D eigenvalue weighted by atomic mass is 10.0. The third-order valence-corrected chi connectivity index (χ3v) is 6.30. The van der Waals surface area contributed by atoms with Gasteiger partial charge < -0.3 is 10.0 Å². The molecule has 8 heteroatoms. The number of amides is 1. The zero-order chi connectivity index (χ0) is 19.2. The standard InChI is InChI=1S/C19H19F3N2O2S/c20-19(21,22)13-3-1-2-11(8-13)9-16-23-14(10-27-16)18(26)24-7-6-12-4-5-15(25)17(12)24/h1-3,8,10,12,15,17,25H,4-7,9H2/t12-,15+,17+/m0/s1. The Hall–Kier alpha value is -1.93. The third-order valence-electron chi connectivity index (χ3n) is 5.45. The largest absolute Gasteiger partial charge is 0.416 e. The van der Waals surface area contributed by atoms with E-state index in [2.05, 4.69) is 4.98 Å². The zero-order valence-electron chi connectivity index (χ0n) is 14.4. The number of rotatable bonds is 3. The molecule has 1 aromatic carbocycles. The van der Waals surface area contributed by atoms with Crippen LogP contribution in [0.5, 0.6) is 0 Å². The molecule has 144 valence electrons. The number of carbonyl (C=O) groups is 1. The van der Waals surface area contributed by atoms with Crippen molar-refractivity contribution in [3.63, 3.8) is 0 Å². The number of alkyl halides is 3. The SMILES string of the molecule is O=C(c1csc(Cc2cccc(C(F)(F)F)c2)n1)N1CC[C@@H]2CC[C@@H](O)[C@@H]21. The molecule has 0 radical (unpaired) electrons. The molecule has 3 atom stereocenters. The Morgan fingerprint density at radius 1 is 1.30 bits per heavy atom. The van der Waals surface area contributed by atoms with Gasteiger partial charge in [0, 0.05) is 18.3 Å². The summed E-state index contributed by atoms with van der Waals surface area (Å²) in [6, 6.07) is 5.02. The molecule has 4 nitrogen and oxygen atoms in total. The van der Waals surface area contributed by atoms with Crippen LogP contribution in [0.25, 0.3) is 0 Å². The Morgan fingerprint density at radius 3 is 2.89 bits per heavy atom. The first-order valence-corrected chi connectivity index (χ1v) is 9.80. The van der Waals surface area contributed by atoms with Crippen molar-refractivity contribution in [3.05, 3.63) is 51.5 Å². The van der Waals surface area contributed by atoms with E-state index in [1.165, 1.54) is 17.4 Å². The van der Waals surface area contributed by atoms with Gasteiger partial charge in [-0.15, -0.1) is 11.3 Å². The average Bonchev–Trinajstić information content (AvgIpc) is 3.32. The second kappa shape index (κ2) is 6.91. The quantitative estimate of drug-likeness (QED) is 0.860. The second-order valence-corrected chi connectivity index (χ2v) is 8.13. The first kappa shape index (κ1) is 18.4. The van der Waals surface area contributed by atoms with Crippen LogP contribution < -0.4 is 0 Å². The minimum Gasteiger partial charge on any atom is -0.391 e. The predicted molar refractivity (Wildman–Crippen MR) is 94.5 cm³/mol. The highest BCUT2D eigenvalue weighted by atomic mass is 32.1. The van der Waals surface area contributed by atoms with E-state index in [0.717, 1.165) is 31.4 Å². The molecular formula is C19H19F3N2O2S. The minimum atomic E-state index is -4.38. The number of likely N-dealkylation sites (tertiary alicyclic amines) is 1. The molecular weight excluding hydrogens is 377 g/mol. The van der Waals surface area contributed by atoms with E-state index in [-0.39, 0.29) is 18.4 Å². The number of halogens is 3. The number of hydrogen-bond donors (Lipinski definition) is 1. The summed E-state index contributed by atoms with van der Waals surface area (Å²) in [5.74, 6) is 0.155. The molecule has 1 saturated heterocycles. The first-order chi connectivity index (χ1) is 12.8. The molecule has 1 saturated carbocycles. The van der Waals surface area contributed by atoms with E-state index >= 15 is 0 Å². The maximum absolute atomic E-state index is 12.8. The monoisotopic (exact) mass is 396 g/mol. The normalized spacial score (nSPS) is 25.0. The summed E-state index contributed by atoms with van der Waals surface area (Å²) in [6.45, 7) is 0.617. The van der Waals surface area contributed by atoms with Gasteiger partial charge >= 0.3 is 6.18 Å². The molecule has 1 aromatic heterocycles. The van der Waals surface area contributed by atoms with Crippen molar-refractivity contribution in [2.24, 2.45) is 5.92 Å². The maximum atomic E-state index is 12.8. The van der Waals surface area contributed by atoms with E-state index < -0.39 is 17.8 Å². The fourth-order valence-corrected chi connectivity index (χ4v) is 4.98. The molecule has 1 aliphatic carbocycles. The van der Waals surface area contributed by atoms with Crippen molar-refractivity contribution >= 4 is 17.2 Å². The molecule has 1 N–H and O–H groups in total. The van der Waals surface area contributed by atoms with Crippen LogP contribution in [0.15, 0.2) is 29.6 Å². The fourth-order valence-electron chi connectivity index (χ4n) is 4.18. The van der Waals surface area contributed by atoms with Crippen molar-refractivity contribution in [2.75, 3.05) is 6.54 Å². The number of nitrogens with zero attached hydrogens (tertiary/aromatic N) is 2. The summed E-state index contributed by atoms with van der Waals surface area (Å²) in [4.78, 5) is 18.9. The van der Waals surface area contributed by atoms with Gasteiger partial charge in [0.2, 0.25) is 0 Å². The summed E-state index contributed by atoms with van der Waals surface area (Å²) in [5, 5.41) is 12.4. The molecule has 0 unspecified atom stereocenters. The van der Waals surface area contributed by atoms with Gasteiger partial charge in [-0.25, -0.2) is 4.98 Å². The van der Waals surface area contributed by atoms with Crippen molar-refractivity contribution in [3.8, 4) is 0 Å². The molecule has 27 heavy (non-hydrogen) atoms. The summed E-state index contributed by atoms with van der Waals surface area (Å²) in [7, 11) is 0. The topological polar surface area (TPSA) is 53.4 Å². The van der Waals surface area contributed by atoms with Crippen LogP contribution in [0.2, 0.25) is 0 Å². The van der Waals surface area contributed by atoms with Gasteiger partial charge in [-0.3, -0.25) is 4.79 Å². The van der Waals surface area contributed by atoms with E-state index in [1.807, 2.05) is 0 Å². The van der Waals surface area contributed by atoms with Gasteiger partial charge in [0.15, 0.2) is 0 Å². The van der Waals surface area contributed by atoms with Crippen LogP contribution in [0.4, 0.5) is 13.2 Å². The van der Waals surface area contributed by atoms with E-state index in [4.69, 9.17) is 0 Å². The van der Waals surface area contributed by atoms with Gasteiger partial charge in [-0.2, -0.15) is 13.2 Å². The highest BCUT2D eigenvalue weighted by Crippen LogP contribution is 2.38. The third kappa shape index (κ3) is 3.60. The van der Waals surface area contributed by atoms with Crippen molar-refractivity contribution in [1.82, 2.24) is 9.88 Å². The molecule has 0 spiro atoms. The number of aromatic nitrogens is 1. The van der Waals surface area contributed by atoms with Gasteiger partial charge in [-0.1, -0.05) is 18.2 Å². The number of thiazole rings is 1. The number of aliphatic hydroxyl groups excluding tert-OH is 1. The number of fused-ring (bicyclic) bond motifs is 1. The summed E-state index contributed by atoms with van der Waals surface area (Å²) in [5.41, 5.74) is 0.124. The molecule has 2 aliphatic rings. The second-order valence-electron chi connectivity index (χ2n) is 7.18. The Balaban J connectivity index is 1.48. The summed E-state index contributed by atoms with van der Waals surface area (Å²) in [6.07, 6.45) is -2.06. The van der Waals surface area contributed by atoms with E-state index in [1.54, 1.807) is 16.3 Å². The van der Waals surface area contributed by atoms with Crippen LogP contribution in [0.3, 0.4) is 0 Å². The molecule has 4 rings (SSSR count). The minimum absolute atomic E-state index is 0.133. The average molecular weight is 396 g/mol. The number of benzene rings is 1. The summed E-state index contributed by atoms with van der Waals surface area (Å²) < 4.78 is 38.5. The van der Waals surface area contributed by atoms with Gasteiger partial charge in [0.1, 0.15) is 5.69 Å². The molecule has 1 amide bonds. The number of hydrogen-bond acceptors (Lipinski definition) is 4. The van der Waals surface area contributed by atoms with Crippen LogP contribution in [0.1, 0.15) is 45.9 Å². The molecule has 2 fully saturated rings. The Morgan fingerprint density at radius 2 is 2.11 bits per heavy atom. The van der Waals surface area contributed by atoms with Crippen molar-refractivity contribution in [1.29, 1.82) is 0 Å². The zero-order valence-corrected chi connectivity index (χ0v) is 15.3. The van der Waals surface area contributed by atoms with Crippen LogP contribution in [-0.4, -0.2) is 39.6 Å². The smallest absolute Gasteiger partial charge is 0.391 e. The highest BCUT2D eigenvalue weighted by molar-refractivity contribution is 7.09. The van der Waals surface area contributed by atoms with Crippen LogP contribution in [0, 0.1) is 5.92 Å². The lowest BCUT2D eigenvalue weighted by molar-refractivity contribution is -0.137. The Labute approximate surface area is 158 Å². The lowest BCUT2D eigenvalue weighted by Crippen LogP contribution is -2.42. The van der Waals surface area contributed by atoms with Crippen LogP contribution >= 0.6 is 11.3 Å². The summed E-state index contributed by atoms with van der Waals surface area (Å²) >= 11 is 1.27. The van der Waals surface area contributed by atoms with E-state index in [0.29, 0.717) is 28.7 Å². The van der Waals surface area contributed by atoms with Gasteiger partial charge in [-0.05, 0) is 36.8 Å². The Kier molecular flexibility index (Phi) is 4.71. The van der Waals surface area contributed by atoms with Crippen molar-refractivity contribution < 1.29 is 23.1 Å². The fraction of sp³-hybridized carbons (Fsp3) is 0.474. The van der Waals surface area contributed by atoms with Crippen LogP contribution in [-0.2, 0) is 12.6 Å². The lowest BCUT2D eigenvalue weighted by Gasteiger charge is -2.26. The number of aliphatic hydroxyl groups is 1. The van der Waals surface area contributed by atoms with Crippen molar-refractivity contribution in [2.45, 2.75) is 44.0 Å². The Bertz CT molecular complexity index is 851. The van der Waals surface area contributed by atoms with Gasteiger partial charge in [0.25, 0.3) is 5.91 Å². The predicted octanol–water partition coefficient (Wildman–Crippen LogP) is 3.74. The molecule has 0 bridgehead atoms.